The molecule has 23 heavy (non-hydrogen) atoms. The van der Waals surface area contributed by atoms with E-state index in [9.17, 15) is 9.59 Å². The van der Waals surface area contributed by atoms with E-state index in [1.54, 1.807) is 20.8 Å². The van der Waals surface area contributed by atoms with Crippen LogP contribution >= 0.6 is 0 Å². The van der Waals surface area contributed by atoms with E-state index in [4.69, 9.17) is 4.74 Å². The molecule has 0 rings (SSSR count). The lowest BCUT2D eigenvalue weighted by molar-refractivity contribution is -0.130. The predicted molar refractivity (Wildman–Crippen MR) is 92.6 cm³/mol. The van der Waals surface area contributed by atoms with Gasteiger partial charge in [-0.25, -0.2) is 9.69 Å². The summed E-state index contributed by atoms with van der Waals surface area (Å²) in [4.78, 5) is 31.6. The van der Waals surface area contributed by atoms with E-state index in [0.29, 0.717) is 0 Å². The zero-order valence-corrected chi connectivity index (χ0v) is 16.0. The van der Waals surface area contributed by atoms with Gasteiger partial charge < -0.3 is 14.5 Å². The molecule has 0 aliphatic rings. The molecule has 0 radical (unpaired) electrons. The first-order valence-electron chi connectivity index (χ1n) is 7.93. The van der Waals surface area contributed by atoms with Crippen LogP contribution in [0.15, 0.2) is 0 Å². The summed E-state index contributed by atoms with van der Waals surface area (Å²) < 4.78 is 5.23. The van der Waals surface area contributed by atoms with Crippen molar-refractivity contribution in [2.75, 3.05) is 68.0 Å². The second-order valence-corrected chi connectivity index (χ2v) is 7.32. The average molecular weight is 330 g/mol. The van der Waals surface area contributed by atoms with Gasteiger partial charge in [0, 0.05) is 33.2 Å². The van der Waals surface area contributed by atoms with Gasteiger partial charge in [-0.2, -0.15) is 0 Å². The van der Waals surface area contributed by atoms with Crippen molar-refractivity contribution in [3.63, 3.8) is 0 Å². The average Bonchev–Trinajstić information content (AvgIpc) is 2.38. The second-order valence-electron chi connectivity index (χ2n) is 7.32. The fourth-order valence-electron chi connectivity index (χ4n) is 1.68. The summed E-state index contributed by atoms with van der Waals surface area (Å²) in [5.74, 6) is -0.253. The molecule has 0 atom stereocenters. The molecule has 136 valence electrons. The Bertz CT molecular complexity index is 366. The lowest BCUT2D eigenvalue weighted by atomic mass is 10.2. The fraction of sp³-hybridized carbons (Fsp3) is 0.875. The van der Waals surface area contributed by atoms with Crippen LogP contribution in [0.2, 0.25) is 0 Å². The van der Waals surface area contributed by atoms with Crippen LogP contribution in [0.4, 0.5) is 4.79 Å². The molecule has 0 fully saturated rings. The minimum absolute atomic E-state index is 0.206. The number of rotatable bonds is 8. The van der Waals surface area contributed by atoms with Crippen LogP contribution in [0.3, 0.4) is 0 Å². The third kappa shape index (κ3) is 11.1. The summed E-state index contributed by atoms with van der Waals surface area (Å²) in [6.07, 6.45) is -0.609. The topological polar surface area (TPSA) is 56.3 Å². The lowest BCUT2D eigenvalue weighted by Gasteiger charge is -2.28. The number of hydrogen-bond acceptors (Lipinski definition) is 6. The first-order chi connectivity index (χ1) is 10.4. The Hall–Kier alpha value is -1.18. The highest BCUT2D eigenvalue weighted by molar-refractivity contribution is 5.92. The van der Waals surface area contributed by atoms with E-state index in [-0.39, 0.29) is 12.5 Å². The number of carbonyl (C=O) groups is 2. The number of amides is 2. The molecule has 0 saturated carbocycles. The number of ether oxygens (including phenoxy) is 1. The molecule has 0 aromatic carbocycles. The molecule has 0 aromatic rings. The van der Waals surface area contributed by atoms with E-state index >= 15 is 0 Å². The molecular formula is C16H34N4O3. The van der Waals surface area contributed by atoms with E-state index in [2.05, 4.69) is 14.7 Å². The second kappa shape index (κ2) is 9.85. The van der Waals surface area contributed by atoms with Gasteiger partial charge in [0.1, 0.15) is 5.60 Å². The van der Waals surface area contributed by atoms with E-state index < -0.39 is 11.7 Å². The molecule has 2 amide bonds. The molecule has 0 aliphatic heterocycles. The summed E-state index contributed by atoms with van der Waals surface area (Å²) in [6.45, 7) is 8.81. The monoisotopic (exact) mass is 330 g/mol. The van der Waals surface area contributed by atoms with Gasteiger partial charge >= 0.3 is 6.09 Å². The summed E-state index contributed by atoms with van der Waals surface area (Å²) in [5, 5.41) is 0. The Morgan fingerprint density at radius 2 is 1.26 bits per heavy atom. The molecule has 0 aliphatic carbocycles. The lowest BCUT2D eigenvalue weighted by Crippen LogP contribution is -2.46. The molecule has 0 heterocycles. The summed E-state index contributed by atoms with van der Waals surface area (Å²) in [7, 11) is 9.46. The smallest absolute Gasteiger partial charge is 0.416 e. The van der Waals surface area contributed by atoms with Gasteiger partial charge in [0.15, 0.2) is 0 Å². The van der Waals surface area contributed by atoms with Crippen molar-refractivity contribution in [2.24, 2.45) is 0 Å². The Balaban J connectivity index is 4.62. The fourth-order valence-corrected chi connectivity index (χ4v) is 1.68. The van der Waals surface area contributed by atoms with Crippen molar-refractivity contribution in [1.82, 2.24) is 19.6 Å². The highest BCUT2D eigenvalue weighted by Gasteiger charge is 2.25. The zero-order chi connectivity index (χ0) is 18.2. The Morgan fingerprint density at radius 3 is 1.61 bits per heavy atom. The van der Waals surface area contributed by atoms with Crippen molar-refractivity contribution < 1.29 is 14.3 Å². The maximum absolute atomic E-state index is 12.3. The van der Waals surface area contributed by atoms with Crippen LogP contribution in [0.5, 0.6) is 0 Å². The molecule has 0 unspecified atom stereocenters. The van der Waals surface area contributed by atoms with E-state index in [0.717, 1.165) is 31.1 Å². The molecule has 0 bridgehead atoms. The maximum atomic E-state index is 12.3. The van der Waals surface area contributed by atoms with Crippen LogP contribution < -0.4 is 0 Å². The van der Waals surface area contributed by atoms with Crippen LogP contribution in [0.1, 0.15) is 20.8 Å². The molecule has 0 aromatic heterocycles. The largest absolute Gasteiger partial charge is 0.443 e. The number of nitrogens with zero attached hydrogens (tertiary/aromatic N) is 4. The first-order valence-corrected chi connectivity index (χ1v) is 7.93. The summed E-state index contributed by atoms with van der Waals surface area (Å²) in [6, 6.07) is 0. The minimum Gasteiger partial charge on any atom is -0.443 e. The van der Waals surface area contributed by atoms with Gasteiger partial charge in [-0.15, -0.1) is 0 Å². The number of hydrogen-bond donors (Lipinski definition) is 0. The molecule has 7 nitrogen and oxygen atoms in total. The Labute approximate surface area is 141 Å². The van der Waals surface area contributed by atoms with Crippen LogP contribution in [-0.2, 0) is 9.53 Å². The van der Waals surface area contributed by atoms with Gasteiger partial charge in [0.25, 0.3) is 0 Å². The van der Waals surface area contributed by atoms with Gasteiger partial charge in [0.2, 0.25) is 5.91 Å². The van der Waals surface area contributed by atoms with Crippen LogP contribution in [0.25, 0.3) is 0 Å². The van der Waals surface area contributed by atoms with Crippen molar-refractivity contribution in [1.29, 1.82) is 0 Å². The standard InChI is InChI=1S/C16H34N4O3/c1-16(2,3)23-15(22)19(8)14(21)13-20(11-9-17(4)5)12-10-18(6)7/h9-13H2,1-8H3. The van der Waals surface area contributed by atoms with Crippen LogP contribution in [-0.4, -0.2) is 105 Å². The normalized spacial score (nSPS) is 12.1. The number of carbonyl (C=O) groups excluding carboxylic acids is 2. The summed E-state index contributed by atoms with van der Waals surface area (Å²) >= 11 is 0. The van der Waals surface area contributed by atoms with Crippen molar-refractivity contribution in [2.45, 2.75) is 26.4 Å². The zero-order valence-electron chi connectivity index (χ0n) is 16.0. The van der Waals surface area contributed by atoms with Crippen LogP contribution in [0, 0.1) is 0 Å². The highest BCUT2D eigenvalue weighted by atomic mass is 16.6. The Morgan fingerprint density at radius 1 is 0.826 bits per heavy atom. The minimum atomic E-state index is -0.610. The Kier molecular flexibility index (Phi) is 9.34. The molecule has 0 saturated heterocycles. The highest BCUT2D eigenvalue weighted by Crippen LogP contribution is 2.09. The molecular weight excluding hydrogens is 296 g/mol. The number of likely N-dealkylation sites (N-methyl/N-ethyl adjacent to an activating group) is 3. The van der Waals surface area contributed by atoms with E-state index in [1.807, 2.05) is 28.2 Å². The van der Waals surface area contributed by atoms with Gasteiger partial charge in [-0.1, -0.05) is 0 Å². The maximum Gasteiger partial charge on any atom is 0.416 e. The third-order valence-electron chi connectivity index (χ3n) is 3.13. The quantitative estimate of drug-likeness (QED) is 0.656. The van der Waals surface area contributed by atoms with Gasteiger partial charge in [-0.05, 0) is 49.0 Å². The van der Waals surface area contributed by atoms with Crippen molar-refractivity contribution >= 4 is 12.0 Å². The van der Waals surface area contributed by atoms with Crippen molar-refractivity contribution in [3.05, 3.63) is 0 Å². The molecule has 0 spiro atoms. The van der Waals surface area contributed by atoms with E-state index in [1.165, 1.54) is 7.05 Å². The van der Waals surface area contributed by atoms with Gasteiger partial charge in [0.05, 0.1) is 6.54 Å². The predicted octanol–water partition coefficient (Wildman–Crippen LogP) is 0.805. The van der Waals surface area contributed by atoms with Gasteiger partial charge in [-0.3, -0.25) is 9.69 Å². The first kappa shape index (κ1) is 21.8. The molecule has 0 N–H and O–H groups in total. The third-order valence-corrected chi connectivity index (χ3v) is 3.13. The van der Waals surface area contributed by atoms with Crippen molar-refractivity contribution in [3.8, 4) is 0 Å². The molecule has 7 heteroatoms. The SMILES string of the molecule is CN(C)CCN(CCN(C)C)CC(=O)N(C)C(=O)OC(C)(C)C. The summed E-state index contributed by atoms with van der Waals surface area (Å²) in [5.41, 5.74) is -0.610. The number of imide groups is 1.